The third-order valence-electron chi connectivity index (χ3n) is 4.22. The van der Waals surface area contributed by atoms with Crippen LogP contribution in [-0.2, 0) is 0 Å². The first-order chi connectivity index (χ1) is 14.1. The Morgan fingerprint density at radius 3 is 2.55 bits per heavy atom. The first-order valence-electron chi connectivity index (χ1n) is 9.02. The van der Waals surface area contributed by atoms with Gasteiger partial charge in [-0.25, -0.2) is 14.4 Å². The number of imidazole rings is 1. The highest BCUT2D eigenvalue weighted by Crippen LogP contribution is 2.21. The van der Waals surface area contributed by atoms with Crippen LogP contribution in [0.15, 0.2) is 61.4 Å². The summed E-state index contributed by atoms with van der Waals surface area (Å²) in [6.45, 7) is 3.87. The number of hydrogen-bond donors (Lipinski definition) is 2. The number of anilines is 3. The van der Waals surface area contributed by atoms with Crippen molar-refractivity contribution in [3.63, 3.8) is 0 Å². The van der Waals surface area contributed by atoms with Crippen molar-refractivity contribution in [1.82, 2.24) is 29.5 Å². The Morgan fingerprint density at radius 1 is 1.03 bits per heavy atom. The van der Waals surface area contributed by atoms with Gasteiger partial charge in [0.2, 0.25) is 5.95 Å². The quantitative estimate of drug-likeness (QED) is 0.517. The second-order valence-electron chi connectivity index (χ2n) is 6.49. The summed E-state index contributed by atoms with van der Waals surface area (Å²) in [5.74, 6) is 1.90. The van der Waals surface area contributed by atoms with Crippen LogP contribution in [0.4, 0.5) is 22.0 Å². The molecule has 1 atom stereocenters. The number of hydrogen-bond acceptors (Lipinski definition) is 7. The maximum absolute atomic E-state index is 13.2. The summed E-state index contributed by atoms with van der Waals surface area (Å²) >= 11 is 0. The van der Waals surface area contributed by atoms with Crippen LogP contribution in [0.5, 0.6) is 0 Å². The third-order valence-corrected chi connectivity index (χ3v) is 4.22. The summed E-state index contributed by atoms with van der Waals surface area (Å²) in [4.78, 5) is 21.7. The first-order valence-corrected chi connectivity index (χ1v) is 9.02. The Hall–Kier alpha value is -3.88. The van der Waals surface area contributed by atoms with Gasteiger partial charge in [-0.2, -0.15) is 9.97 Å². The van der Waals surface area contributed by atoms with Gasteiger partial charge in [0.25, 0.3) is 0 Å². The van der Waals surface area contributed by atoms with E-state index in [1.165, 1.54) is 12.1 Å². The topological polar surface area (TPSA) is 93.4 Å². The molecule has 2 N–H and O–H groups in total. The lowest BCUT2D eigenvalue weighted by Gasteiger charge is -2.16. The lowest BCUT2D eigenvalue weighted by atomic mass is 10.1. The average molecular weight is 390 g/mol. The number of benzene rings is 1. The van der Waals surface area contributed by atoms with Gasteiger partial charge < -0.3 is 10.6 Å². The zero-order valence-electron chi connectivity index (χ0n) is 15.9. The minimum atomic E-state index is -0.273. The molecule has 4 aromatic rings. The van der Waals surface area contributed by atoms with Gasteiger partial charge in [-0.3, -0.25) is 9.55 Å². The van der Waals surface area contributed by atoms with Crippen LogP contribution in [-0.4, -0.2) is 29.5 Å². The fourth-order valence-corrected chi connectivity index (χ4v) is 2.77. The molecule has 0 saturated carbocycles. The molecule has 0 bridgehead atoms. The third kappa shape index (κ3) is 4.52. The normalized spacial score (nSPS) is 11.8. The zero-order chi connectivity index (χ0) is 20.2. The molecular formula is C20H19FN8. The van der Waals surface area contributed by atoms with E-state index < -0.39 is 0 Å². The highest BCUT2D eigenvalue weighted by Gasteiger charge is 2.12. The summed E-state index contributed by atoms with van der Waals surface area (Å²) in [7, 11) is 0. The molecule has 0 aliphatic carbocycles. The SMILES string of the molecule is Cc1cn(-c2cc(Nc3cnccn3)nc(NC(C)c3ccc(F)cc3)n2)cn1. The van der Waals surface area contributed by atoms with Crippen LogP contribution in [0.25, 0.3) is 5.82 Å². The van der Waals surface area contributed by atoms with E-state index in [2.05, 4.69) is 35.6 Å². The van der Waals surface area contributed by atoms with E-state index in [1.54, 1.807) is 43.1 Å². The van der Waals surface area contributed by atoms with E-state index in [0.29, 0.717) is 23.4 Å². The van der Waals surface area contributed by atoms with Crippen LogP contribution in [0.1, 0.15) is 24.2 Å². The van der Waals surface area contributed by atoms with Crippen LogP contribution in [0.2, 0.25) is 0 Å². The standard InChI is InChI=1S/C20H19FN8/c1-13-11-29(12-24-13)19-9-17(26-18-10-22-7-8-23-18)27-20(28-19)25-14(2)15-3-5-16(21)6-4-15/h3-12,14H,1-2H3,(H2,23,25,26,27,28). The molecule has 0 aliphatic rings. The van der Waals surface area contributed by atoms with Gasteiger partial charge in [-0.15, -0.1) is 0 Å². The molecule has 29 heavy (non-hydrogen) atoms. The van der Waals surface area contributed by atoms with E-state index >= 15 is 0 Å². The van der Waals surface area contributed by atoms with Crippen molar-refractivity contribution in [2.75, 3.05) is 10.6 Å². The van der Waals surface area contributed by atoms with Crippen LogP contribution in [0.3, 0.4) is 0 Å². The molecule has 0 amide bonds. The Kier molecular flexibility index (Phi) is 5.10. The molecule has 0 radical (unpaired) electrons. The summed E-state index contributed by atoms with van der Waals surface area (Å²) < 4.78 is 15.0. The van der Waals surface area contributed by atoms with Gasteiger partial charge in [0, 0.05) is 24.7 Å². The zero-order valence-corrected chi connectivity index (χ0v) is 15.9. The minimum Gasteiger partial charge on any atom is -0.348 e. The Labute approximate surface area is 166 Å². The molecule has 0 aliphatic heterocycles. The molecule has 8 nitrogen and oxygen atoms in total. The Morgan fingerprint density at radius 2 is 1.86 bits per heavy atom. The van der Waals surface area contributed by atoms with Gasteiger partial charge in [-0.05, 0) is 31.5 Å². The van der Waals surface area contributed by atoms with Gasteiger partial charge >= 0.3 is 0 Å². The van der Waals surface area contributed by atoms with Crippen molar-refractivity contribution >= 4 is 17.6 Å². The molecular weight excluding hydrogens is 371 g/mol. The van der Waals surface area contributed by atoms with Crippen molar-refractivity contribution in [3.8, 4) is 5.82 Å². The number of aromatic nitrogens is 6. The molecule has 0 saturated heterocycles. The maximum Gasteiger partial charge on any atom is 0.227 e. The monoisotopic (exact) mass is 390 g/mol. The van der Waals surface area contributed by atoms with Gasteiger partial charge in [0.05, 0.1) is 17.9 Å². The summed E-state index contributed by atoms with van der Waals surface area (Å²) in [6.07, 6.45) is 8.37. The second-order valence-corrected chi connectivity index (χ2v) is 6.49. The Balaban J connectivity index is 1.66. The average Bonchev–Trinajstić information content (AvgIpc) is 3.15. The van der Waals surface area contributed by atoms with Gasteiger partial charge in [0.15, 0.2) is 0 Å². The lowest BCUT2D eigenvalue weighted by Crippen LogP contribution is -2.12. The maximum atomic E-state index is 13.2. The van der Waals surface area contributed by atoms with Crippen LogP contribution >= 0.6 is 0 Å². The van der Waals surface area contributed by atoms with Crippen LogP contribution < -0.4 is 10.6 Å². The van der Waals surface area contributed by atoms with E-state index in [4.69, 9.17) is 0 Å². The minimum absolute atomic E-state index is 0.125. The second kappa shape index (κ2) is 8.01. The molecule has 3 heterocycles. The molecule has 9 heteroatoms. The highest BCUT2D eigenvalue weighted by molar-refractivity contribution is 5.55. The lowest BCUT2D eigenvalue weighted by molar-refractivity contribution is 0.626. The highest BCUT2D eigenvalue weighted by atomic mass is 19.1. The molecule has 1 unspecified atom stereocenters. The van der Waals surface area contributed by atoms with E-state index in [0.717, 1.165) is 11.3 Å². The van der Waals surface area contributed by atoms with Gasteiger partial charge in [-0.1, -0.05) is 12.1 Å². The van der Waals surface area contributed by atoms with Crippen molar-refractivity contribution < 1.29 is 4.39 Å². The van der Waals surface area contributed by atoms with Gasteiger partial charge in [0.1, 0.15) is 29.6 Å². The number of nitrogens with one attached hydrogen (secondary N) is 2. The molecule has 1 aromatic carbocycles. The molecule has 3 aromatic heterocycles. The van der Waals surface area contributed by atoms with Crippen molar-refractivity contribution in [3.05, 3.63) is 78.5 Å². The number of aryl methyl sites for hydroxylation is 1. The molecule has 0 fully saturated rings. The number of rotatable bonds is 6. The number of nitrogens with zero attached hydrogens (tertiary/aromatic N) is 6. The predicted molar refractivity (Wildman–Crippen MR) is 108 cm³/mol. The van der Waals surface area contributed by atoms with Crippen molar-refractivity contribution in [2.24, 2.45) is 0 Å². The largest absolute Gasteiger partial charge is 0.348 e. The fourth-order valence-electron chi connectivity index (χ4n) is 2.77. The van der Waals surface area contributed by atoms with E-state index in [-0.39, 0.29) is 11.9 Å². The molecule has 0 spiro atoms. The fraction of sp³-hybridized carbons (Fsp3) is 0.150. The predicted octanol–water partition coefficient (Wildman–Crippen LogP) is 3.82. The first kappa shape index (κ1) is 18.5. The summed E-state index contributed by atoms with van der Waals surface area (Å²) in [5.41, 5.74) is 1.79. The van der Waals surface area contributed by atoms with E-state index in [9.17, 15) is 4.39 Å². The smallest absolute Gasteiger partial charge is 0.227 e. The summed E-state index contributed by atoms with van der Waals surface area (Å²) in [5, 5.41) is 6.40. The Bertz CT molecular complexity index is 1100. The van der Waals surface area contributed by atoms with Crippen molar-refractivity contribution in [2.45, 2.75) is 19.9 Å². The van der Waals surface area contributed by atoms with Crippen LogP contribution in [0, 0.1) is 12.7 Å². The molecule has 146 valence electrons. The van der Waals surface area contributed by atoms with E-state index in [1.807, 2.05) is 24.6 Å². The van der Waals surface area contributed by atoms with Crippen molar-refractivity contribution in [1.29, 1.82) is 0 Å². The summed E-state index contributed by atoms with van der Waals surface area (Å²) in [6, 6.07) is 7.99. The number of halogens is 1. The molecule has 4 rings (SSSR count).